The van der Waals surface area contributed by atoms with Crippen molar-refractivity contribution in [2.75, 3.05) is 31.6 Å². The van der Waals surface area contributed by atoms with Crippen LogP contribution in [0.5, 0.6) is 0 Å². The summed E-state index contributed by atoms with van der Waals surface area (Å²) >= 11 is 1.93. The Hall–Kier alpha value is 0.270. The molecule has 1 fully saturated rings. The van der Waals surface area contributed by atoms with E-state index >= 15 is 0 Å². The Morgan fingerprint density at radius 2 is 2.20 bits per heavy atom. The van der Waals surface area contributed by atoms with Crippen molar-refractivity contribution in [3.8, 4) is 0 Å². The summed E-state index contributed by atoms with van der Waals surface area (Å²) in [5.74, 6) is 2.97. The van der Waals surface area contributed by atoms with Crippen LogP contribution in [-0.2, 0) is 0 Å². The lowest BCUT2D eigenvalue weighted by molar-refractivity contribution is 0.225. The zero-order valence-electron chi connectivity index (χ0n) is 10.4. The third-order valence-electron chi connectivity index (χ3n) is 3.64. The molecule has 0 saturated carbocycles. The molecule has 0 radical (unpaired) electrons. The minimum absolute atomic E-state index is 0.626. The number of likely N-dealkylation sites (tertiary alicyclic amines) is 1. The Morgan fingerprint density at radius 3 is 2.67 bits per heavy atom. The van der Waals surface area contributed by atoms with E-state index in [0.29, 0.717) is 6.04 Å². The smallest absolute Gasteiger partial charge is 0.0226 e. The highest BCUT2D eigenvalue weighted by Crippen LogP contribution is 2.25. The summed E-state index contributed by atoms with van der Waals surface area (Å²) in [6.07, 6.45) is 4.80. The molecule has 2 N–H and O–H groups in total. The molecule has 1 rings (SSSR count). The Kier molecular flexibility index (Phi) is 6.02. The molecule has 1 aliphatic rings. The lowest BCUT2D eigenvalue weighted by atomic mass is 9.95. The molecule has 2 atom stereocenters. The maximum atomic E-state index is 5.86. The van der Waals surface area contributed by atoms with E-state index in [9.17, 15) is 0 Å². The van der Waals surface area contributed by atoms with Crippen molar-refractivity contribution in [3.63, 3.8) is 0 Å². The van der Waals surface area contributed by atoms with Crippen LogP contribution in [0.4, 0.5) is 0 Å². The fourth-order valence-electron chi connectivity index (χ4n) is 2.39. The Morgan fingerprint density at radius 1 is 1.47 bits per heavy atom. The molecular formula is C12H26N2S. The normalized spacial score (nSPS) is 25.0. The summed E-state index contributed by atoms with van der Waals surface area (Å²) in [5.41, 5.74) is 5.86. The summed E-state index contributed by atoms with van der Waals surface area (Å²) < 4.78 is 0. The monoisotopic (exact) mass is 230 g/mol. The predicted octanol–water partition coefficient (Wildman–Crippen LogP) is 2.04. The third kappa shape index (κ3) is 3.97. The van der Waals surface area contributed by atoms with E-state index in [1.54, 1.807) is 0 Å². The maximum absolute atomic E-state index is 5.86. The number of nitrogens with zero attached hydrogens (tertiary/aromatic N) is 1. The van der Waals surface area contributed by atoms with Crippen LogP contribution in [0.2, 0.25) is 0 Å². The van der Waals surface area contributed by atoms with Gasteiger partial charge in [-0.2, -0.15) is 11.8 Å². The molecule has 0 amide bonds. The van der Waals surface area contributed by atoms with Crippen LogP contribution >= 0.6 is 11.8 Å². The van der Waals surface area contributed by atoms with Gasteiger partial charge < -0.3 is 5.73 Å². The van der Waals surface area contributed by atoms with Crippen molar-refractivity contribution in [2.45, 2.75) is 32.7 Å². The van der Waals surface area contributed by atoms with Gasteiger partial charge in [-0.3, -0.25) is 4.90 Å². The molecule has 0 spiro atoms. The zero-order valence-corrected chi connectivity index (χ0v) is 11.2. The second kappa shape index (κ2) is 6.77. The van der Waals surface area contributed by atoms with E-state index in [1.807, 2.05) is 11.8 Å². The van der Waals surface area contributed by atoms with E-state index in [0.717, 1.165) is 18.4 Å². The first kappa shape index (κ1) is 13.3. The van der Waals surface area contributed by atoms with E-state index in [-0.39, 0.29) is 0 Å². The molecule has 15 heavy (non-hydrogen) atoms. The summed E-state index contributed by atoms with van der Waals surface area (Å²) in [6.45, 7) is 8.04. The lowest BCUT2D eigenvalue weighted by Gasteiger charge is -2.27. The second-order valence-electron chi connectivity index (χ2n) is 4.96. The van der Waals surface area contributed by atoms with Crippen LogP contribution in [-0.4, -0.2) is 42.6 Å². The van der Waals surface area contributed by atoms with Crippen molar-refractivity contribution >= 4 is 11.8 Å². The molecule has 0 aromatic rings. The Balaban J connectivity index is 2.35. The molecule has 1 heterocycles. The summed E-state index contributed by atoms with van der Waals surface area (Å²) in [4.78, 5) is 2.61. The first-order valence-electron chi connectivity index (χ1n) is 6.12. The van der Waals surface area contributed by atoms with Gasteiger partial charge in [0, 0.05) is 19.1 Å². The average Bonchev–Trinajstić information content (AvgIpc) is 2.68. The van der Waals surface area contributed by atoms with Crippen LogP contribution in [0, 0.1) is 11.8 Å². The first-order valence-corrected chi connectivity index (χ1v) is 7.51. The van der Waals surface area contributed by atoms with Crippen molar-refractivity contribution in [3.05, 3.63) is 0 Å². The molecule has 0 aliphatic carbocycles. The first-order chi connectivity index (χ1) is 7.19. The molecule has 0 aromatic heterocycles. The molecule has 90 valence electrons. The number of nitrogens with two attached hydrogens (primary N) is 1. The third-order valence-corrected chi connectivity index (χ3v) is 4.29. The SMILES string of the molecule is CSCCC(CN)N1CCC(C(C)C)C1. The summed E-state index contributed by atoms with van der Waals surface area (Å²) in [7, 11) is 0. The highest BCUT2D eigenvalue weighted by atomic mass is 32.2. The number of hydrogen-bond acceptors (Lipinski definition) is 3. The lowest BCUT2D eigenvalue weighted by Crippen LogP contribution is -2.39. The topological polar surface area (TPSA) is 29.3 Å². The molecule has 3 heteroatoms. The summed E-state index contributed by atoms with van der Waals surface area (Å²) in [6, 6.07) is 0.626. The molecular weight excluding hydrogens is 204 g/mol. The minimum atomic E-state index is 0.626. The maximum Gasteiger partial charge on any atom is 0.0226 e. The highest BCUT2D eigenvalue weighted by molar-refractivity contribution is 7.98. The van der Waals surface area contributed by atoms with E-state index in [4.69, 9.17) is 5.73 Å². The van der Waals surface area contributed by atoms with Crippen LogP contribution in [0.25, 0.3) is 0 Å². The van der Waals surface area contributed by atoms with Crippen molar-refractivity contribution in [1.29, 1.82) is 0 Å². The molecule has 1 saturated heterocycles. The van der Waals surface area contributed by atoms with Crippen molar-refractivity contribution < 1.29 is 0 Å². The van der Waals surface area contributed by atoms with Crippen LogP contribution in [0.1, 0.15) is 26.7 Å². The largest absolute Gasteiger partial charge is 0.329 e. The van der Waals surface area contributed by atoms with Gasteiger partial charge in [-0.1, -0.05) is 13.8 Å². The number of hydrogen-bond donors (Lipinski definition) is 1. The van der Waals surface area contributed by atoms with Gasteiger partial charge >= 0.3 is 0 Å². The summed E-state index contributed by atoms with van der Waals surface area (Å²) in [5, 5.41) is 0. The predicted molar refractivity (Wildman–Crippen MR) is 70.4 cm³/mol. The molecule has 0 bridgehead atoms. The fourth-order valence-corrected chi connectivity index (χ4v) is 2.90. The van der Waals surface area contributed by atoms with Crippen LogP contribution < -0.4 is 5.73 Å². The van der Waals surface area contributed by atoms with Gasteiger partial charge in [-0.25, -0.2) is 0 Å². The van der Waals surface area contributed by atoms with Gasteiger partial charge in [-0.15, -0.1) is 0 Å². The highest BCUT2D eigenvalue weighted by Gasteiger charge is 2.28. The Labute approximate surface area is 99.0 Å². The number of rotatable bonds is 6. The van der Waals surface area contributed by atoms with Gasteiger partial charge in [0.1, 0.15) is 0 Å². The Bertz CT molecular complexity index is 173. The van der Waals surface area contributed by atoms with E-state index in [1.165, 1.54) is 31.7 Å². The number of thioether (sulfide) groups is 1. The second-order valence-corrected chi connectivity index (χ2v) is 5.94. The molecule has 2 nitrogen and oxygen atoms in total. The van der Waals surface area contributed by atoms with Crippen LogP contribution in [0.15, 0.2) is 0 Å². The zero-order chi connectivity index (χ0) is 11.3. The molecule has 1 aliphatic heterocycles. The molecule has 0 aromatic carbocycles. The van der Waals surface area contributed by atoms with E-state index < -0.39 is 0 Å². The standard InChI is InChI=1S/C12H26N2S/c1-10(2)11-4-6-14(9-11)12(8-13)5-7-15-3/h10-12H,4-9,13H2,1-3H3. The van der Waals surface area contributed by atoms with Gasteiger partial charge in [0.15, 0.2) is 0 Å². The van der Waals surface area contributed by atoms with E-state index in [2.05, 4.69) is 25.0 Å². The van der Waals surface area contributed by atoms with Gasteiger partial charge in [0.05, 0.1) is 0 Å². The van der Waals surface area contributed by atoms with Gasteiger partial charge in [0.2, 0.25) is 0 Å². The molecule has 2 unspecified atom stereocenters. The van der Waals surface area contributed by atoms with Gasteiger partial charge in [0.25, 0.3) is 0 Å². The average molecular weight is 230 g/mol. The quantitative estimate of drug-likeness (QED) is 0.757. The fraction of sp³-hybridized carbons (Fsp3) is 1.00. The van der Waals surface area contributed by atoms with Crippen LogP contribution in [0.3, 0.4) is 0 Å². The van der Waals surface area contributed by atoms with Gasteiger partial charge in [-0.05, 0) is 43.2 Å². The van der Waals surface area contributed by atoms with Crippen molar-refractivity contribution in [2.24, 2.45) is 17.6 Å². The van der Waals surface area contributed by atoms with Crippen molar-refractivity contribution in [1.82, 2.24) is 4.90 Å². The minimum Gasteiger partial charge on any atom is -0.329 e.